The zero-order valence-electron chi connectivity index (χ0n) is 13.4. The Morgan fingerprint density at radius 1 is 1.24 bits per heavy atom. The van der Waals surface area contributed by atoms with Gasteiger partial charge in [-0.25, -0.2) is 0 Å². The Labute approximate surface area is 154 Å². The quantitative estimate of drug-likeness (QED) is 0.542. The molecule has 0 saturated heterocycles. The van der Waals surface area contributed by atoms with Crippen molar-refractivity contribution in [3.8, 4) is 11.8 Å². The number of rotatable bonds is 2. The summed E-state index contributed by atoms with van der Waals surface area (Å²) in [6.07, 6.45) is 0. The lowest BCUT2D eigenvalue weighted by Crippen LogP contribution is -2.66. The lowest BCUT2D eigenvalue weighted by molar-refractivity contribution is -0.184. The van der Waals surface area contributed by atoms with E-state index in [0.29, 0.717) is 5.75 Å². The molecule has 1 aliphatic rings. The summed E-state index contributed by atoms with van der Waals surface area (Å²) in [7, 11) is 1.40. The van der Waals surface area contributed by atoms with Crippen LogP contribution in [0.3, 0.4) is 0 Å². The van der Waals surface area contributed by atoms with Crippen molar-refractivity contribution in [3.05, 3.63) is 64.4 Å². The highest BCUT2D eigenvalue weighted by Crippen LogP contribution is 2.54. The minimum absolute atomic E-state index is 0.475. The zero-order chi connectivity index (χ0) is 17.7. The fraction of sp³-hybridized carbons (Fsp3) is 0.211. The summed E-state index contributed by atoms with van der Waals surface area (Å²) in [5.41, 5.74) is 7.18. The van der Waals surface area contributed by atoms with E-state index in [1.165, 1.54) is 18.4 Å². The van der Waals surface area contributed by atoms with Crippen LogP contribution in [0.1, 0.15) is 16.4 Å². The van der Waals surface area contributed by atoms with Gasteiger partial charge in [-0.3, -0.25) is 5.73 Å². The van der Waals surface area contributed by atoms with Gasteiger partial charge >= 0.3 is 5.91 Å². The van der Waals surface area contributed by atoms with Gasteiger partial charge in [-0.05, 0) is 16.8 Å². The SMILES string of the molecule is COC1(N)Oc2c(ccc3ccccc23)C(c2cccs2)C1(Cl)C#N. The summed E-state index contributed by atoms with van der Waals surface area (Å²) in [5.74, 6) is -1.65. The summed E-state index contributed by atoms with van der Waals surface area (Å²) in [6.45, 7) is 0. The third kappa shape index (κ3) is 2.19. The number of nitrogens with zero attached hydrogens (tertiary/aromatic N) is 1. The van der Waals surface area contributed by atoms with Gasteiger partial charge in [-0.2, -0.15) is 5.26 Å². The summed E-state index contributed by atoms with van der Waals surface area (Å²) >= 11 is 8.30. The van der Waals surface area contributed by atoms with Crippen LogP contribution in [-0.2, 0) is 4.74 Å². The molecular weight excluding hydrogens is 356 g/mol. The molecule has 1 aromatic heterocycles. The molecule has 0 bridgehead atoms. The number of thiophene rings is 1. The van der Waals surface area contributed by atoms with Gasteiger partial charge in [-0.1, -0.05) is 54.1 Å². The number of hydrogen-bond acceptors (Lipinski definition) is 5. The second kappa shape index (κ2) is 5.72. The zero-order valence-corrected chi connectivity index (χ0v) is 15.0. The van der Waals surface area contributed by atoms with Crippen molar-refractivity contribution in [1.29, 1.82) is 5.26 Å². The van der Waals surface area contributed by atoms with Crippen LogP contribution >= 0.6 is 22.9 Å². The van der Waals surface area contributed by atoms with Gasteiger partial charge in [0, 0.05) is 22.9 Å². The summed E-state index contributed by atoms with van der Waals surface area (Å²) in [6, 6.07) is 17.8. The molecule has 126 valence electrons. The van der Waals surface area contributed by atoms with E-state index in [1.807, 2.05) is 53.9 Å². The molecule has 4 rings (SSSR count). The number of alkyl halides is 1. The van der Waals surface area contributed by atoms with Crippen LogP contribution in [0.4, 0.5) is 0 Å². The smallest absolute Gasteiger partial charge is 0.302 e. The molecule has 0 spiro atoms. The molecule has 4 nitrogen and oxygen atoms in total. The Morgan fingerprint density at radius 3 is 2.72 bits per heavy atom. The molecule has 25 heavy (non-hydrogen) atoms. The van der Waals surface area contributed by atoms with E-state index >= 15 is 0 Å². The number of methoxy groups -OCH3 is 1. The van der Waals surface area contributed by atoms with Gasteiger partial charge in [0.25, 0.3) is 0 Å². The van der Waals surface area contributed by atoms with Crippen LogP contribution in [0.2, 0.25) is 0 Å². The standard InChI is InChI=1S/C19H15ClN2O2S/c1-23-19(22)18(20,11-21)16(15-7-4-10-25-15)14-9-8-12-5-2-3-6-13(12)17(14)24-19/h2-10,16H,22H2,1H3. The van der Waals surface area contributed by atoms with Crippen molar-refractivity contribution in [2.45, 2.75) is 16.7 Å². The molecule has 2 heterocycles. The minimum atomic E-state index is -1.78. The Morgan fingerprint density at radius 2 is 2.04 bits per heavy atom. The van der Waals surface area contributed by atoms with E-state index in [9.17, 15) is 5.26 Å². The molecule has 0 aliphatic carbocycles. The number of ether oxygens (including phenoxy) is 2. The van der Waals surface area contributed by atoms with E-state index in [0.717, 1.165) is 21.2 Å². The Hall–Kier alpha value is -2.10. The topological polar surface area (TPSA) is 68.3 Å². The van der Waals surface area contributed by atoms with Crippen LogP contribution in [0.15, 0.2) is 53.9 Å². The highest BCUT2D eigenvalue weighted by Gasteiger charge is 2.62. The molecule has 0 fully saturated rings. The van der Waals surface area contributed by atoms with Crippen LogP contribution in [0.5, 0.6) is 5.75 Å². The first-order valence-electron chi connectivity index (χ1n) is 7.72. The lowest BCUT2D eigenvalue weighted by atomic mass is 9.79. The fourth-order valence-corrected chi connectivity index (χ4v) is 4.71. The predicted molar refractivity (Wildman–Crippen MR) is 98.9 cm³/mol. The first kappa shape index (κ1) is 16.4. The lowest BCUT2D eigenvalue weighted by Gasteiger charge is -2.46. The number of hydrogen-bond donors (Lipinski definition) is 1. The number of fused-ring (bicyclic) bond motifs is 3. The molecule has 0 radical (unpaired) electrons. The minimum Gasteiger partial charge on any atom is -0.445 e. The van der Waals surface area contributed by atoms with Crippen molar-refractivity contribution < 1.29 is 9.47 Å². The molecular formula is C19H15ClN2O2S. The van der Waals surface area contributed by atoms with Crippen LogP contribution < -0.4 is 10.5 Å². The first-order valence-corrected chi connectivity index (χ1v) is 8.98. The van der Waals surface area contributed by atoms with Crippen LogP contribution in [0, 0.1) is 11.3 Å². The second-order valence-corrected chi connectivity index (χ2v) is 7.53. The maximum absolute atomic E-state index is 9.91. The molecule has 3 unspecified atom stereocenters. The molecule has 1 aliphatic heterocycles. The monoisotopic (exact) mass is 370 g/mol. The Kier molecular flexibility index (Phi) is 3.75. The maximum Gasteiger partial charge on any atom is 0.302 e. The first-order chi connectivity index (χ1) is 12.0. The molecule has 6 heteroatoms. The Balaban J connectivity index is 2.08. The summed E-state index contributed by atoms with van der Waals surface area (Å²) < 4.78 is 11.4. The second-order valence-electron chi connectivity index (χ2n) is 5.95. The highest BCUT2D eigenvalue weighted by atomic mass is 35.5. The third-order valence-corrected chi connectivity index (χ3v) is 6.18. The maximum atomic E-state index is 9.91. The van der Waals surface area contributed by atoms with Crippen LogP contribution in [-0.4, -0.2) is 17.9 Å². The average molecular weight is 371 g/mol. The van der Waals surface area contributed by atoms with Crippen molar-refractivity contribution in [1.82, 2.24) is 0 Å². The molecule has 0 amide bonds. The van der Waals surface area contributed by atoms with E-state index in [2.05, 4.69) is 6.07 Å². The van der Waals surface area contributed by atoms with E-state index in [4.69, 9.17) is 26.8 Å². The normalized spacial score (nSPS) is 28.2. The Bertz CT molecular complexity index is 985. The van der Waals surface area contributed by atoms with Gasteiger partial charge in [0.15, 0.2) is 0 Å². The largest absolute Gasteiger partial charge is 0.445 e. The molecule has 2 N–H and O–H groups in total. The fourth-order valence-electron chi connectivity index (χ4n) is 3.38. The highest BCUT2D eigenvalue weighted by molar-refractivity contribution is 7.10. The van der Waals surface area contributed by atoms with E-state index in [-0.39, 0.29) is 0 Å². The van der Waals surface area contributed by atoms with Crippen molar-refractivity contribution in [2.75, 3.05) is 7.11 Å². The summed E-state index contributed by atoms with van der Waals surface area (Å²) in [5, 5.41) is 13.8. The molecule has 3 atom stereocenters. The van der Waals surface area contributed by atoms with Gasteiger partial charge in [0.1, 0.15) is 5.75 Å². The molecule has 0 saturated carbocycles. The molecule has 2 aromatic carbocycles. The average Bonchev–Trinajstić information content (AvgIpc) is 3.16. The number of nitriles is 1. The number of nitrogens with two attached hydrogens (primary N) is 1. The van der Waals surface area contributed by atoms with E-state index < -0.39 is 16.7 Å². The van der Waals surface area contributed by atoms with Gasteiger partial charge in [-0.15, -0.1) is 11.3 Å². The van der Waals surface area contributed by atoms with Crippen molar-refractivity contribution in [2.24, 2.45) is 5.73 Å². The van der Waals surface area contributed by atoms with Crippen LogP contribution in [0.25, 0.3) is 10.8 Å². The van der Waals surface area contributed by atoms with Crippen molar-refractivity contribution >= 4 is 33.7 Å². The third-order valence-electron chi connectivity index (χ3n) is 4.67. The van der Waals surface area contributed by atoms with E-state index in [1.54, 1.807) is 0 Å². The van der Waals surface area contributed by atoms with Gasteiger partial charge < -0.3 is 9.47 Å². The van der Waals surface area contributed by atoms with Gasteiger partial charge in [0.05, 0.1) is 12.0 Å². The van der Waals surface area contributed by atoms with Gasteiger partial charge in [0.2, 0.25) is 4.87 Å². The predicted octanol–water partition coefficient (Wildman–Crippen LogP) is 4.19. The number of benzene rings is 2. The van der Waals surface area contributed by atoms with Crippen molar-refractivity contribution in [3.63, 3.8) is 0 Å². The summed E-state index contributed by atoms with van der Waals surface area (Å²) in [4.78, 5) is -0.675. The molecule has 3 aromatic rings. The number of halogens is 1.